The second kappa shape index (κ2) is 5.95. The number of anilines is 1. The molecule has 1 aromatic carbocycles. The Morgan fingerprint density at radius 3 is 2.95 bits per heavy atom. The maximum atomic E-state index is 11.6. The summed E-state index contributed by atoms with van der Waals surface area (Å²) < 4.78 is 10.5. The van der Waals surface area contributed by atoms with E-state index >= 15 is 0 Å². The van der Waals surface area contributed by atoms with E-state index in [0.29, 0.717) is 17.1 Å². The van der Waals surface area contributed by atoms with Crippen LogP contribution in [0.4, 0.5) is 5.69 Å². The second-order valence-corrected chi connectivity index (χ2v) is 4.86. The van der Waals surface area contributed by atoms with Gasteiger partial charge in [0.2, 0.25) is 11.8 Å². The fourth-order valence-corrected chi connectivity index (χ4v) is 2.15. The lowest BCUT2D eigenvalue weighted by Crippen LogP contribution is -2.17. The summed E-state index contributed by atoms with van der Waals surface area (Å²) in [6, 6.07) is 9.20. The van der Waals surface area contributed by atoms with Crippen LogP contribution in [0.3, 0.4) is 0 Å². The van der Waals surface area contributed by atoms with Crippen molar-refractivity contribution in [1.29, 1.82) is 0 Å². The van der Waals surface area contributed by atoms with Crippen LogP contribution in [0.15, 0.2) is 40.9 Å². The van der Waals surface area contributed by atoms with Crippen molar-refractivity contribution in [2.75, 3.05) is 19.0 Å². The number of hydrogen-bond donors (Lipinski definition) is 1. The molecule has 1 N–H and O–H groups in total. The number of oxazole rings is 1. The lowest BCUT2D eigenvalue weighted by Gasteiger charge is -2.08. The smallest absolute Gasteiger partial charge is 0.250 e. The molecular formula is C16H15N3O3. The Kier molecular flexibility index (Phi) is 3.84. The SMILES string of the molecule is COCC(=O)Nc1ccc(-c2nc3ncccc3o2)cc1C. The first-order valence-corrected chi connectivity index (χ1v) is 6.79. The van der Waals surface area contributed by atoms with Crippen molar-refractivity contribution in [1.82, 2.24) is 9.97 Å². The zero-order valence-corrected chi connectivity index (χ0v) is 12.3. The predicted molar refractivity (Wildman–Crippen MR) is 82.5 cm³/mol. The molecule has 0 radical (unpaired) electrons. The number of benzene rings is 1. The molecule has 0 aliphatic rings. The normalized spacial score (nSPS) is 10.8. The van der Waals surface area contributed by atoms with Crippen molar-refractivity contribution >= 4 is 22.8 Å². The van der Waals surface area contributed by atoms with Gasteiger partial charge in [0.15, 0.2) is 11.2 Å². The fourth-order valence-electron chi connectivity index (χ4n) is 2.15. The van der Waals surface area contributed by atoms with Gasteiger partial charge in [-0.1, -0.05) is 0 Å². The zero-order valence-electron chi connectivity index (χ0n) is 12.3. The van der Waals surface area contributed by atoms with Crippen molar-refractivity contribution in [2.24, 2.45) is 0 Å². The van der Waals surface area contributed by atoms with Crippen LogP contribution in [0.25, 0.3) is 22.7 Å². The number of pyridine rings is 1. The van der Waals surface area contributed by atoms with E-state index in [1.165, 1.54) is 7.11 Å². The highest BCUT2D eigenvalue weighted by atomic mass is 16.5. The van der Waals surface area contributed by atoms with Crippen molar-refractivity contribution in [3.8, 4) is 11.5 Å². The summed E-state index contributed by atoms with van der Waals surface area (Å²) in [7, 11) is 1.48. The van der Waals surface area contributed by atoms with Gasteiger partial charge in [0.25, 0.3) is 0 Å². The Morgan fingerprint density at radius 1 is 1.36 bits per heavy atom. The molecule has 0 atom stereocenters. The molecule has 6 nitrogen and oxygen atoms in total. The van der Waals surface area contributed by atoms with Crippen LogP contribution in [0.1, 0.15) is 5.56 Å². The molecule has 3 rings (SSSR count). The molecule has 0 bridgehead atoms. The highest BCUT2D eigenvalue weighted by molar-refractivity contribution is 5.92. The van der Waals surface area contributed by atoms with Gasteiger partial charge in [-0.15, -0.1) is 0 Å². The lowest BCUT2D eigenvalue weighted by atomic mass is 10.1. The van der Waals surface area contributed by atoms with Crippen molar-refractivity contribution in [3.05, 3.63) is 42.1 Å². The predicted octanol–water partition coefficient (Wildman–Crippen LogP) is 2.78. The second-order valence-electron chi connectivity index (χ2n) is 4.86. The third-order valence-electron chi connectivity index (χ3n) is 3.19. The van der Waals surface area contributed by atoms with E-state index in [9.17, 15) is 4.79 Å². The summed E-state index contributed by atoms with van der Waals surface area (Å²) >= 11 is 0. The van der Waals surface area contributed by atoms with E-state index in [2.05, 4.69) is 15.3 Å². The highest BCUT2D eigenvalue weighted by Gasteiger charge is 2.11. The van der Waals surface area contributed by atoms with Gasteiger partial charge in [-0.25, -0.2) is 4.98 Å². The topological polar surface area (TPSA) is 77.2 Å². The van der Waals surface area contributed by atoms with Crippen LogP contribution in [0.5, 0.6) is 0 Å². The number of nitrogens with one attached hydrogen (secondary N) is 1. The van der Waals surface area contributed by atoms with Crippen molar-refractivity contribution in [2.45, 2.75) is 6.92 Å². The van der Waals surface area contributed by atoms with Gasteiger partial charge in [0.05, 0.1) is 0 Å². The quantitative estimate of drug-likeness (QED) is 0.801. The van der Waals surface area contributed by atoms with Crippen molar-refractivity contribution in [3.63, 3.8) is 0 Å². The van der Waals surface area contributed by atoms with E-state index in [1.54, 1.807) is 12.3 Å². The minimum absolute atomic E-state index is 0.0258. The Hall–Kier alpha value is -2.73. The first kappa shape index (κ1) is 14.2. The molecular weight excluding hydrogens is 282 g/mol. The van der Waals surface area contributed by atoms with E-state index in [4.69, 9.17) is 9.15 Å². The largest absolute Gasteiger partial charge is 0.434 e. The summed E-state index contributed by atoms with van der Waals surface area (Å²) in [6.07, 6.45) is 1.67. The van der Waals surface area contributed by atoms with Gasteiger partial charge >= 0.3 is 0 Å². The van der Waals surface area contributed by atoms with Gasteiger partial charge in [0.1, 0.15) is 6.61 Å². The number of nitrogens with zero attached hydrogens (tertiary/aromatic N) is 2. The van der Waals surface area contributed by atoms with E-state index in [1.807, 2.05) is 31.2 Å². The van der Waals surface area contributed by atoms with E-state index in [0.717, 1.165) is 16.8 Å². The minimum atomic E-state index is -0.190. The first-order valence-electron chi connectivity index (χ1n) is 6.79. The molecule has 0 aliphatic carbocycles. The third kappa shape index (κ3) is 2.82. The van der Waals surface area contributed by atoms with E-state index in [-0.39, 0.29) is 12.5 Å². The molecule has 2 aromatic heterocycles. The number of carbonyl (C=O) groups is 1. The molecule has 2 heterocycles. The maximum Gasteiger partial charge on any atom is 0.250 e. The number of methoxy groups -OCH3 is 1. The molecule has 0 saturated heterocycles. The van der Waals surface area contributed by atoms with Gasteiger partial charge in [0, 0.05) is 24.6 Å². The highest BCUT2D eigenvalue weighted by Crippen LogP contribution is 2.26. The van der Waals surface area contributed by atoms with Gasteiger partial charge < -0.3 is 14.5 Å². The Morgan fingerprint density at radius 2 is 2.23 bits per heavy atom. The molecule has 6 heteroatoms. The summed E-state index contributed by atoms with van der Waals surface area (Å²) in [5, 5.41) is 2.79. The molecule has 22 heavy (non-hydrogen) atoms. The number of hydrogen-bond acceptors (Lipinski definition) is 5. The number of fused-ring (bicyclic) bond motifs is 1. The number of amides is 1. The minimum Gasteiger partial charge on any atom is -0.434 e. The van der Waals surface area contributed by atoms with Gasteiger partial charge in [-0.3, -0.25) is 4.79 Å². The molecule has 0 saturated carbocycles. The van der Waals surface area contributed by atoms with E-state index < -0.39 is 0 Å². The number of ether oxygens (including phenoxy) is 1. The average molecular weight is 297 g/mol. The molecule has 0 spiro atoms. The van der Waals surface area contributed by atoms with Crippen molar-refractivity contribution < 1.29 is 13.9 Å². The van der Waals surface area contributed by atoms with Crippen LogP contribution >= 0.6 is 0 Å². The van der Waals surface area contributed by atoms with Crippen LogP contribution in [0.2, 0.25) is 0 Å². The summed E-state index contributed by atoms with van der Waals surface area (Å²) in [6.45, 7) is 1.94. The molecule has 112 valence electrons. The molecule has 1 amide bonds. The average Bonchev–Trinajstić information content (AvgIpc) is 2.93. The summed E-state index contributed by atoms with van der Waals surface area (Å²) in [5.41, 5.74) is 3.71. The molecule has 0 aliphatic heterocycles. The molecule has 3 aromatic rings. The van der Waals surface area contributed by atoms with Crippen LogP contribution < -0.4 is 5.32 Å². The number of rotatable bonds is 4. The van der Waals surface area contributed by atoms with Gasteiger partial charge in [-0.2, -0.15) is 4.98 Å². The van der Waals surface area contributed by atoms with Crippen LogP contribution in [-0.4, -0.2) is 29.6 Å². The maximum absolute atomic E-state index is 11.6. The zero-order chi connectivity index (χ0) is 15.5. The number of carbonyl (C=O) groups excluding carboxylic acids is 1. The Bertz CT molecular complexity index is 793. The Balaban J connectivity index is 1.89. The monoisotopic (exact) mass is 297 g/mol. The lowest BCUT2D eigenvalue weighted by molar-refractivity contribution is -0.119. The Labute approximate surface area is 127 Å². The standard InChI is InChI=1S/C16H15N3O3/c1-10-8-11(5-6-12(10)18-14(20)9-21-2)16-19-15-13(22-16)4-3-7-17-15/h3-8H,9H2,1-2H3,(H,18,20). The molecule has 0 unspecified atom stereocenters. The summed E-state index contributed by atoms with van der Waals surface area (Å²) in [5.74, 6) is 0.316. The van der Waals surface area contributed by atoms with Crippen LogP contribution in [-0.2, 0) is 9.53 Å². The number of aromatic nitrogens is 2. The molecule has 0 fully saturated rings. The fraction of sp³-hybridized carbons (Fsp3) is 0.188. The number of aryl methyl sites for hydroxylation is 1. The third-order valence-corrected chi connectivity index (χ3v) is 3.19. The van der Waals surface area contributed by atoms with Crippen LogP contribution in [0, 0.1) is 6.92 Å². The summed E-state index contributed by atoms with van der Waals surface area (Å²) in [4.78, 5) is 20.1. The van der Waals surface area contributed by atoms with Gasteiger partial charge in [-0.05, 0) is 42.8 Å². The first-order chi connectivity index (χ1) is 10.7.